The average Bonchev–Trinajstić information content (AvgIpc) is 3.03. The number of piperazine rings is 1. The first-order valence-electron chi connectivity index (χ1n) is 15.0. The molecule has 2 aliphatic rings. The Morgan fingerprint density at radius 2 is 1.50 bits per heavy atom. The lowest BCUT2D eigenvalue weighted by molar-refractivity contribution is -0.126. The molecule has 224 valence electrons. The van der Waals surface area contributed by atoms with Gasteiger partial charge in [0.2, 0.25) is 0 Å². The SMILES string of the molecule is COc1cc(CCN2CCN(CCCCOc3ccccc3[N+]3(C)Sc4ccccc4C(C)C3=O)CC2)cc(OC)c1. The molecule has 7 nitrogen and oxygen atoms in total. The monoisotopic (exact) mass is 590 g/mol. The van der Waals surface area contributed by atoms with Crippen LogP contribution in [0.4, 0.5) is 5.69 Å². The molecule has 0 radical (unpaired) electrons. The first-order valence-corrected chi connectivity index (χ1v) is 15.8. The first-order chi connectivity index (χ1) is 20.4. The molecule has 1 fully saturated rings. The number of carbonyl (C=O) groups excluding carboxylic acids is 1. The molecule has 8 heteroatoms. The van der Waals surface area contributed by atoms with Crippen LogP contribution in [0.15, 0.2) is 71.6 Å². The molecule has 2 unspecified atom stereocenters. The summed E-state index contributed by atoms with van der Waals surface area (Å²) < 4.78 is 17.3. The predicted octanol–water partition coefficient (Wildman–Crippen LogP) is 6.01. The van der Waals surface area contributed by atoms with E-state index in [1.165, 1.54) is 5.56 Å². The molecular formula is C34H44N3O4S+. The second kappa shape index (κ2) is 14.0. The minimum Gasteiger partial charge on any atom is -0.497 e. The van der Waals surface area contributed by atoms with Crippen molar-refractivity contribution in [3.05, 3.63) is 77.9 Å². The quantitative estimate of drug-likeness (QED) is 0.145. The Morgan fingerprint density at radius 3 is 2.21 bits per heavy atom. The fourth-order valence-corrected chi connectivity index (χ4v) is 7.30. The summed E-state index contributed by atoms with van der Waals surface area (Å²) in [5.41, 5.74) is 3.27. The van der Waals surface area contributed by atoms with Gasteiger partial charge in [0.1, 0.15) is 23.4 Å². The highest BCUT2D eigenvalue weighted by Crippen LogP contribution is 2.49. The number of unbranched alkanes of at least 4 members (excludes halogenated alkanes) is 1. The predicted molar refractivity (Wildman–Crippen MR) is 171 cm³/mol. The summed E-state index contributed by atoms with van der Waals surface area (Å²) in [6.45, 7) is 9.16. The molecule has 5 rings (SSSR count). The third-order valence-corrected chi connectivity index (χ3v) is 9.81. The van der Waals surface area contributed by atoms with Gasteiger partial charge in [0.15, 0.2) is 11.4 Å². The van der Waals surface area contributed by atoms with Gasteiger partial charge in [0.05, 0.1) is 38.7 Å². The van der Waals surface area contributed by atoms with Gasteiger partial charge >= 0.3 is 5.91 Å². The molecule has 2 atom stereocenters. The fraction of sp³-hybridized carbons (Fsp3) is 0.441. The molecule has 2 heterocycles. The number of rotatable bonds is 12. The standard InChI is InChI=1S/C34H44N3O4S/c1-26-30-11-5-8-14-33(30)42-37(2,34(26)38)31-12-6-7-13-32(31)41-22-10-9-16-35-18-20-36(21-19-35)17-15-27-23-28(39-3)25-29(24-27)40-4/h5-8,11-14,23-26H,9-10,15-22H2,1-4H3/q+1. The van der Waals surface area contributed by atoms with E-state index in [4.69, 9.17) is 14.2 Å². The summed E-state index contributed by atoms with van der Waals surface area (Å²) in [7, 11) is 5.39. The highest BCUT2D eigenvalue weighted by atomic mass is 32.2. The van der Waals surface area contributed by atoms with Gasteiger partial charge in [-0.2, -0.15) is 3.89 Å². The Labute approximate surface area is 255 Å². The zero-order valence-electron chi connectivity index (χ0n) is 25.4. The minimum atomic E-state index is -0.161. The zero-order valence-corrected chi connectivity index (χ0v) is 26.2. The van der Waals surface area contributed by atoms with Gasteiger partial charge in [-0.1, -0.05) is 30.3 Å². The van der Waals surface area contributed by atoms with Crippen molar-refractivity contribution in [2.45, 2.75) is 37.0 Å². The van der Waals surface area contributed by atoms with Crippen LogP contribution in [0.3, 0.4) is 0 Å². The Balaban J connectivity index is 1.06. The number of para-hydroxylation sites is 2. The molecule has 0 aromatic heterocycles. The van der Waals surface area contributed by atoms with Crippen molar-refractivity contribution >= 4 is 23.5 Å². The average molecular weight is 591 g/mol. The molecule has 0 spiro atoms. The molecule has 0 bridgehead atoms. The topological polar surface area (TPSA) is 51.2 Å². The van der Waals surface area contributed by atoms with Gasteiger partial charge in [-0.25, -0.2) is 4.79 Å². The van der Waals surface area contributed by atoms with E-state index < -0.39 is 0 Å². The van der Waals surface area contributed by atoms with Crippen molar-refractivity contribution in [3.8, 4) is 17.2 Å². The number of amides is 1. The van der Waals surface area contributed by atoms with Crippen LogP contribution in [0.1, 0.15) is 36.8 Å². The third kappa shape index (κ3) is 6.94. The number of benzene rings is 3. The molecule has 1 amide bonds. The molecule has 1 saturated heterocycles. The van der Waals surface area contributed by atoms with Crippen LogP contribution in [-0.2, 0) is 11.2 Å². The largest absolute Gasteiger partial charge is 0.497 e. The van der Waals surface area contributed by atoms with Crippen LogP contribution >= 0.6 is 11.9 Å². The highest BCUT2D eigenvalue weighted by Gasteiger charge is 2.47. The number of nitrogens with zero attached hydrogens (tertiary/aromatic N) is 3. The number of quaternary nitrogens is 1. The summed E-state index contributed by atoms with van der Waals surface area (Å²) in [4.78, 5) is 19.8. The van der Waals surface area contributed by atoms with Gasteiger partial charge in [0, 0.05) is 44.9 Å². The second-order valence-corrected chi connectivity index (χ2v) is 12.6. The van der Waals surface area contributed by atoms with Crippen LogP contribution in [0.5, 0.6) is 17.2 Å². The third-order valence-electron chi connectivity index (χ3n) is 8.50. The number of fused-ring (bicyclic) bond motifs is 1. The van der Waals surface area contributed by atoms with E-state index in [0.29, 0.717) is 6.61 Å². The van der Waals surface area contributed by atoms with Crippen LogP contribution in [0.2, 0.25) is 0 Å². The summed E-state index contributed by atoms with van der Waals surface area (Å²) >= 11 is 1.59. The molecule has 0 N–H and O–H groups in total. The van der Waals surface area contributed by atoms with Crippen LogP contribution in [0, 0.1) is 0 Å². The van der Waals surface area contributed by atoms with Crippen LogP contribution in [0.25, 0.3) is 0 Å². The van der Waals surface area contributed by atoms with Crippen LogP contribution < -0.4 is 18.1 Å². The minimum absolute atomic E-state index is 0.157. The smallest absolute Gasteiger partial charge is 0.337 e. The lowest BCUT2D eigenvalue weighted by atomic mass is 9.99. The van der Waals surface area contributed by atoms with E-state index in [1.807, 2.05) is 56.4 Å². The molecule has 0 aliphatic carbocycles. The molecule has 2 aliphatic heterocycles. The molecule has 3 aromatic rings. The molecule has 3 aromatic carbocycles. The number of hydrogen-bond acceptors (Lipinski definition) is 7. The van der Waals surface area contributed by atoms with Crippen molar-refractivity contribution in [2.24, 2.45) is 0 Å². The van der Waals surface area contributed by atoms with Crippen LogP contribution in [-0.4, -0.2) is 82.8 Å². The maximum absolute atomic E-state index is 13.6. The lowest BCUT2D eigenvalue weighted by Gasteiger charge is -2.36. The second-order valence-electron chi connectivity index (χ2n) is 11.3. The maximum Gasteiger partial charge on any atom is 0.337 e. The Hall–Kier alpha value is -3.04. The van der Waals surface area contributed by atoms with Gasteiger partial charge in [-0.05, 0) is 68.1 Å². The van der Waals surface area contributed by atoms with Gasteiger partial charge < -0.3 is 24.0 Å². The Kier molecular flexibility index (Phi) is 10.1. The molecule has 0 saturated carbocycles. The molecular weight excluding hydrogens is 546 g/mol. The fourth-order valence-electron chi connectivity index (χ4n) is 5.92. The van der Waals surface area contributed by atoms with E-state index in [2.05, 4.69) is 34.1 Å². The lowest BCUT2D eigenvalue weighted by Crippen LogP contribution is -2.48. The van der Waals surface area contributed by atoms with Gasteiger partial charge in [-0.3, -0.25) is 0 Å². The summed E-state index contributed by atoms with van der Waals surface area (Å²) in [6, 6.07) is 22.4. The maximum atomic E-state index is 13.6. The number of ether oxygens (including phenoxy) is 3. The summed E-state index contributed by atoms with van der Waals surface area (Å²) in [5, 5.41) is 0. The number of likely N-dealkylation sites (N-methyl/N-ethyl adjacent to an activating group) is 1. The Bertz CT molecular complexity index is 1340. The number of carbonyl (C=O) groups is 1. The van der Waals surface area contributed by atoms with Crippen molar-refractivity contribution in [2.75, 3.05) is 67.1 Å². The first kappa shape index (κ1) is 30.4. The van der Waals surface area contributed by atoms with Crippen molar-refractivity contribution in [1.29, 1.82) is 0 Å². The van der Waals surface area contributed by atoms with E-state index in [1.54, 1.807) is 26.2 Å². The van der Waals surface area contributed by atoms with Gasteiger partial charge in [0.25, 0.3) is 0 Å². The van der Waals surface area contributed by atoms with E-state index in [0.717, 1.165) is 91.9 Å². The summed E-state index contributed by atoms with van der Waals surface area (Å²) in [5.74, 6) is 2.51. The zero-order chi connectivity index (χ0) is 29.5. The number of hydrogen-bond donors (Lipinski definition) is 0. The highest BCUT2D eigenvalue weighted by molar-refractivity contribution is 7.99. The van der Waals surface area contributed by atoms with Crippen molar-refractivity contribution in [1.82, 2.24) is 13.7 Å². The molecule has 42 heavy (non-hydrogen) atoms. The van der Waals surface area contributed by atoms with E-state index >= 15 is 0 Å². The normalized spacial score (nSPS) is 21.1. The van der Waals surface area contributed by atoms with E-state index in [-0.39, 0.29) is 15.7 Å². The van der Waals surface area contributed by atoms with E-state index in [9.17, 15) is 4.79 Å². The Morgan fingerprint density at radius 1 is 0.857 bits per heavy atom. The van der Waals surface area contributed by atoms with Crippen molar-refractivity contribution < 1.29 is 19.0 Å². The van der Waals surface area contributed by atoms with Crippen molar-refractivity contribution in [3.63, 3.8) is 0 Å². The van der Waals surface area contributed by atoms with Gasteiger partial charge in [-0.15, -0.1) is 0 Å². The summed E-state index contributed by atoms with van der Waals surface area (Å²) in [6.07, 6.45) is 3.06. The number of methoxy groups -OCH3 is 2.